The molecule has 0 saturated heterocycles. The summed E-state index contributed by atoms with van der Waals surface area (Å²) in [5.74, 6) is 1.47. The molecule has 3 aromatic rings. The van der Waals surface area contributed by atoms with Crippen molar-refractivity contribution in [1.29, 1.82) is 0 Å². The Bertz CT molecular complexity index is 856. The lowest BCUT2D eigenvalue weighted by Gasteiger charge is -2.11. The Hall–Kier alpha value is -2.86. The van der Waals surface area contributed by atoms with Crippen LogP contribution in [0.25, 0.3) is 11.0 Å². The number of methoxy groups -OCH3 is 2. The van der Waals surface area contributed by atoms with Crippen molar-refractivity contribution in [1.82, 2.24) is 14.9 Å². The molecule has 2 aromatic carbocycles. The maximum atomic E-state index is 11.7. The quantitative estimate of drug-likeness (QED) is 0.718. The van der Waals surface area contributed by atoms with Crippen LogP contribution in [0.5, 0.6) is 5.75 Å². The molecule has 6 heteroatoms. The first-order valence-corrected chi connectivity index (χ1v) is 8.04. The zero-order valence-corrected chi connectivity index (χ0v) is 14.4. The Morgan fingerprint density at radius 2 is 1.88 bits per heavy atom. The summed E-state index contributed by atoms with van der Waals surface area (Å²) < 4.78 is 12.2. The SMILES string of the molecule is COCC(=O)NCc1nc2ccccc2n1Cc1ccc(OC)cc1. The molecule has 0 aliphatic heterocycles. The van der Waals surface area contributed by atoms with E-state index in [0.717, 1.165) is 28.2 Å². The van der Waals surface area contributed by atoms with Crippen molar-refractivity contribution < 1.29 is 14.3 Å². The number of ether oxygens (including phenoxy) is 2. The van der Waals surface area contributed by atoms with Gasteiger partial charge >= 0.3 is 0 Å². The average Bonchev–Trinajstić information content (AvgIpc) is 2.99. The van der Waals surface area contributed by atoms with Crippen LogP contribution >= 0.6 is 0 Å². The molecular formula is C19H21N3O3. The lowest BCUT2D eigenvalue weighted by atomic mass is 10.2. The number of para-hydroxylation sites is 2. The van der Waals surface area contributed by atoms with Crippen LogP contribution in [0.4, 0.5) is 0 Å². The summed E-state index contributed by atoms with van der Waals surface area (Å²) in [5.41, 5.74) is 3.08. The summed E-state index contributed by atoms with van der Waals surface area (Å²) in [6, 6.07) is 15.9. The van der Waals surface area contributed by atoms with Gasteiger partial charge in [0.05, 0.1) is 24.7 Å². The molecule has 0 fully saturated rings. The van der Waals surface area contributed by atoms with Gasteiger partial charge in [-0.05, 0) is 29.8 Å². The van der Waals surface area contributed by atoms with Crippen LogP contribution in [-0.2, 0) is 22.6 Å². The third-order valence-electron chi connectivity index (χ3n) is 3.95. The van der Waals surface area contributed by atoms with Gasteiger partial charge in [0, 0.05) is 13.7 Å². The van der Waals surface area contributed by atoms with Gasteiger partial charge in [-0.15, -0.1) is 0 Å². The number of carbonyl (C=O) groups is 1. The van der Waals surface area contributed by atoms with E-state index in [0.29, 0.717) is 13.1 Å². The molecule has 25 heavy (non-hydrogen) atoms. The molecule has 1 amide bonds. The van der Waals surface area contributed by atoms with E-state index in [9.17, 15) is 4.79 Å². The first kappa shape index (κ1) is 17.0. The molecule has 130 valence electrons. The monoisotopic (exact) mass is 339 g/mol. The molecule has 0 unspecified atom stereocenters. The second-order valence-electron chi connectivity index (χ2n) is 5.66. The first-order chi connectivity index (χ1) is 12.2. The summed E-state index contributed by atoms with van der Waals surface area (Å²) in [5, 5.41) is 2.84. The van der Waals surface area contributed by atoms with E-state index in [1.807, 2.05) is 48.5 Å². The summed E-state index contributed by atoms with van der Waals surface area (Å²) in [7, 11) is 3.15. The van der Waals surface area contributed by atoms with Gasteiger partial charge in [0.2, 0.25) is 5.91 Å². The van der Waals surface area contributed by atoms with Crippen molar-refractivity contribution in [3.8, 4) is 5.75 Å². The third kappa shape index (κ3) is 3.97. The highest BCUT2D eigenvalue weighted by Gasteiger charge is 2.12. The van der Waals surface area contributed by atoms with E-state index < -0.39 is 0 Å². The van der Waals surface area contributed by atoms with Crippen LogP contribution < -0.4 is 10.1 Å². The zero-order chi connectivity index (χ0) is 17.6. The number of nitrogens with zero attached hydrogens (tertiary/aromatic N) is 2. The number of fused-ring (bicyclic) bond motifs is 1. The molecule has 3 rings (SSSR count). The number of hydrogen-bond acceptors (Lipinski definition) is 4. The predicted octanol–water partition coefficient (Wildman–Crippen LogP) is 2.36. The number of rotatable bonds is 7. The Kier molecular flexibility index (Phi) is 5.30. The highest BCUT2D eigenvalue weighted by Crippen LogP contribution is 2.19. The molecule has 0 bridgehead atoms. The van der Waals surface area contributed by atoms with Gasteiger partial charge in [0.25, 0.3) is 0 Å². The maximum absolute atomic E-state index is 11.7. The van der Waals surface area contributed by atoms with E-state index >= 15 is 0 Å². The van der Waals surface area contributed by atoms with Gasteiger partial charge in [-0.3, -0.25) is 4.79 Å². The van der Waals surface area contributed by atoms with E-state index in [2.05, 4.69) is 14.9 Å². The Morgan fingerprint density at radius 3 is 2.60 bits per heavy atom. The van der Waals surface area contributed by atoms with Crippen LogP contribution in [0.3, 0.4) is 0 Å². The van der Waals surface area contributed by atoms with Crippen LogP contribution in [0.15, 0.2) is 48.5 Å². The molecule has 1 aromatic heterocycles. The summed E-state index contributed by atoms with van der Waals surface area (Å²) in [6.45, 7) is 1.06. The van der Waals surface area contributed by atoms with Gasteiger partial charge in [0.15, 0.2) is 0 Å². The molecule has 0 aliphatic rings. The first-order valence-electron chi connectivity index (χ1n) is 8.04. The van der Waals surface area contributed by atoms with Gasteiger partial charge in [-0.25, -0.2) is 4.98 Å². The molecule has 0 radical (unpaired) electrons. The van der Waals surface area contributed by atoms with Gasteiger partial charge in [0.1, 0.15) is 18.2 Å². The molecule has 6 nitrogen and oxygen atoms in total. The highest BCUT2D eigenvalue weighted by atomic mass is 16.5. The minimum absolute atomic E-state index is 0.0404. The number of hydrogen-bond donors (Lipinski definition) is 1. The Balaban J connectivity index is 1.88. The predicted molar refractivity (Wildman–Crippen MR) is 95.6 cm³/mol. The van der Waals surface area contributed by atoms with Crippen molar-refractivity contribution in [2.24, 2.45) is 0 Å². The average molecular weight is 339 g/mol. The number of imidazole rings is 1. The number of benzene rings is 2. The number of carbonyl (C=O) groups excluding carboxylic acids is 1. The normalized spacial score (nSPS) is 10.8. The number of nitrogens with one attached hydrogen (secondary N) is 1. The fraction of sp³-hybridized carbons (Fsp3) is 0.263. The molecule has 1 heterocycles. The standard InChI is InChI=1S/C19H21N3O3/c1-24-13-19(23)20-11-18-21-16-5-3-4-6-17(16)22(18)12-14-7-9-15(25-2)10-8-14/h3-10H,11-13H2,1-2H3,(H,20,23). The van der Waals surface area contributed by atoms with E-state index in [1.54, 1.807) is 7.11 Å². The molecule has 0 spiro atoms. The highest BCUT2D eigenvalue weighted by molar-refractivity contribution is 5.78. The van der Waals surface area contributed by atoms with E-state index in [-0.39, 0.29) is 12.5 Å². The lowest BCUT2D eigenvalue weighted by molar-refractivity contribution is -0.124. The zero-order valence-electron chi connectivity index (χ0n) is 14.4. The van der Waals surface area contributed by atoms with Gasteiger partial charge < -0.3 is 19.4 Å². The van der Waals surface area contributed by atoms with Crippen molar-refractivity contribution in [3.05, 3.63) is 59.9 Å². The Labute approximate surface area is 146 Å². The number of amides is 1. The fourth-order valence-electron chi connectivity index (χ4n) is 2.71. The second-order valence-corrected chi connectivity index (χ2v) is 5.66. The van der Waals surface area contributed by atoms with Crippen LogP contribution in [-0.4, -0.2) is 36.3 Å². The minimum atomic E-state index is -0.162. The van der Waals surface area contributed by atoms with Crippen LogP contribution in [0.2, 0.25) is 0 Å². The minimum Gasteiger partial charge on any atom is -0.497 e. The lowest BCUT2D eigenvalue weighted by Crippen LogP contribution is -2.28. The smallest absolute Gasteiger partial charge is 0.246 e. The van der Waals surface area contributed by atoms with E-state index in [4.69, 9.17) is 9.47 Å². The van der Waals surface area contributed by atoms with Crippen molar-refractivity contribution in [2.45, 2.75) is 13.1 Å². The van der Waals surface area contributed by atoms with E-state index in [1.165, 1.54) is 7.11 Å². The van der Waals surface area contributed by atoms with Crippen molar-refractivity contribution in [2.75, 3.05) is 20.8 Å². The third-order valence-corrected chi connectivity index (χ3v) is 3.95. The topological polar surface area (TPSA) is 65.4 Å². The molecule has 1 N–H and O–H groups in total. The number of aromatic nitrogens is 2. The fourth-order valence-corrected chi connectivity index (χ4v) is 2.71. The van der Waals surface area contributed by atoms with Gasteiger partial charge in [-0.1, -0.05) is 24.3 Å². The summed E-state index contributed by atoms with van der Waals surface area (Å²) >= 11 is 0. The van der Waals surface area contributed by atoms with Crippen LogP contribution in [0, 0.1) is 0 Å². The summed E-state index contributed by atoms with van der Waals surface area (Å²) in [4.78, 5) is 16.3. The van der Waals surface area contributed by atoms with Crippen molar-refractivity contribution >= 4 is 16.9 Å². The van der Waals surface area contributed by atoms with Gasteiger partial charge in [-0.2, -0.15) is 0 Å². The largest absolute Gasteiger partial charge is 0.497 e. The maximum Gasteiger partial charge on any atom is 0.246 e. The second kappa shape index (κ2) is 7.81. The van der Waals surface area contributed by atoms with Crippen LogP contribution in [0.1, 0.15) is 11.4 Å². The van der Waals surface area contributed by atoms with Crippen molar-refractivity contribution in [3.63, 3.8) is 0 Å². The molecule has 0 aliphatic carbocycles. The molecule has 0 atom stereocenters. The molecule has 0 saturated carbocycles. The Morgan fingerprint density at radius 1 is 1.12 bits per heavy atom. The summed E-state index contributed by atoms with van der Waals surface area (Å²) in [6.07, 6.45) is 0. The molecular weight excluding hydrogens is 318 g/mol.